The van der Waals surface area contributed by atoms with Gasteiger partial charge in [0.1, 0.15) is 17.5 Å². The largest absolute Gasteiger partial charge is 0.496 e. The molecule has 4 rings (SSSR count). The maximum Gasteiger partial charge on any atom is 0.338 e. The number of aromatic nitrogens is 1. The molecule has 0 N–H and O–H groups in total. The van der Waals surface area contributed by atoms with E-state index in [4.69, 9.17) is 25.8 Å². The molecule has 0 bridgehead atoms. The van der Waals surface area contributed by atoms with Crippen LogP contribution in [0.25, 0.3) is 6.08 Å². The van der Waals surface area contributed by atoms with E-state index in [9.17, 15) is 9.59 Å². The van der Waals surface area contributed by atoms with Crippen molar-refractivity contribution >= 4 is 50.9 Å². The predicted molar refractivity (Wildman–Crippen MR) is 148 cm³/mol. The topological polar surface area (TPSA) is 79.1 Å². The van der Waals surface area contributed by atoms with Crippen molar-refractivity contribution < 1.29 is 19.0 Å². The van der Waals surface area contributed by atoms with Gasteiger partial charge in [-0.1, -0.05) is 38.9 Å². The fraction of sp³-hybridized carbons (Fsp3) is 0.296. The number of benzene rings is 2. The van der Waals surface area contributed by atoms with Crippen molar-refractivity contribution in [3.63, 3.8) is 0 Å². The molecule has 2 aromatic carbocycles. The number of esters is 1. The highest BCUT2D eigenvalue weighted by atomic mass is 79.9. The maximum atomic E-state index is 13.9. The van der Waals surface area contributed by atoms with E-state index in [1.54, 1.807) is 38.1 Å². The van der Waals surface area contributed by atoms with Gasteiger partial charge >= 0.3 is 5.97 Å². The van der Waals surface area contributed by atoms with Gasteiger partial charge in [0.2, 0.25) is 0 Å². The zero-order valence-electron chi connectivity index (χ0n) is 21.0. The Morgan fingerprint density at radius 1 is 1.24 bits per heavy atom. The van der Waals surface area contributed by atoms with Gasteiger partial charge in [0.05, 0.1) is 35.6 Å². The lowest BCUT2D eigenvalue weighted by molar-refractivity contribution is -0.139. The smallest absolute Gasteiger partial charge is 0.338 e. The molecule has 0 saturated heterocycles. The number of fused-ring (bicyclic) bond motifs is 1. The predicted octanol–water partition coefficient (Wildman–Crippen LogP) is 5.01. The van der Waals surface area contributed by atoms with Crippen LogP contribution in [0.3, 0.4) is 0 Å². The molecule has 2 heterocycles. The number of ether oxygens (including phenoxy) is 3. The monoisotopic (exact) mass is 604 g/mol. The third kappa shape index (κ3) is 5.54. The van der Waals surface area contributed by atoms with Gasteiger partial charge in [0.25, 0.3) is 5.56 Å². The maximum absolute atomic E-state index is 13.9. The molecule has 0 unspecified atom stereocenters. The normalized spacial score (nSPS) is 15.5. The molecule has 0 aliphatic carbocycles. The van der Waals surface area contributed by atoms with Crippen LogP contribution in [-0.4, -0.2) is 30.4 Å². The first kappa shape index (κ1) is 27.2. The standard InChI is InChI=1S/C27H26BrClN2O5S/c1-6-35-26(33)23-15(4)30-27-31(24(23)19-13-18(29)8-10-21(19)34-5)25(32)22(37-27)12-16-11-17(28)7-9-20(16)36-14(2)3/h7-14,24H,6H2,1-5H3/b22-12-/t24-/m1/s1. The molecule has 0 saturated carbocycles. The summed E-state index contributed by atoms with van der Waals surface area (Å²) in [6.45, 7) is 7.53. The highest BCUT2D eigenvalue weighted by Gasteiger charge is 2.35. The number of nitrogens with zero attached hydrogens (tertiary/aromatic N) is 2. The zero-order valence-corrected chi connectivity index (χ0v) is 24.2. The fourth-order valence-corrected chi connectivity index (χ4v) is 5.74. The molecule has 3 aromatic rings. The Morgan fingerprint density at radius 3 is 2.65 bits per heavy atom. The second-order valence-electron chi connectivity index (χ2n) is 8.54. The van der Waals surface area contributed by atoms with Crippen LogP contribution in [0, 0.1) is 0 Å². The molecule has 1 aromatic heterocycles. The number of hydrogen-bond acceptors (Lipinski definition) is 7. The van der Waals surface area contributed by atoms with E-state index in [1.165, 1.54) is 23.0 Å². The average Bonchev–Trinajstić information content (AvgIpc) is 3.14. The van der Waals surface area contributed by atoms with E-state index in [0.717, 1.165) is 10.0 Å². The molecule has 7 nitrogen and oxygen atoms in total. The minimum atomic E-state index is -0.833. The summed E-state index contributed by atoms with van der Waals surface area (Å²) in [6, 6.07) is 9.90. The molecule has 0 amide bonds. The van der Waals surface area contributed by atoms with Gasteiger partial charge in [-0.25, -0.2) is 9.79 Å². The molecule has 0 radical (unpaired) electrons. The number of hydrogen-bond donors (Lipinski definition) is 0. The number of carbonyl (C=O) groups excluding carboxylic acids is 1. The molecule has 1 atom stereocenters. The van der Waals surface area contributed by atoms with Crippen LogP contribution in [0.4, 0.5) is 0 Å². The Kier molecular flexibility index (Phi) is 8.26. The van der Waals surface area contributed by atoms with Crippen molar-refractivity contribution in [1.82, 2.24) is 4.57 Å². The third-order valence-electron chi connectivity index (χ3n) is 5.62. The molecule has 1 aliphatic heterocycles. The van der Waals surface area contributed by atoms with Gasteiger partial charge in [-0.15, -0.1) is 0 Å². The second kappa shape index (κ2) is 11.2. The number of methoxy groups -OCH3 is 1. The van der Waals surface area contributed by atoms with Crippen LogP contribution < -0.4 is 24.4 Å². The summed E-state index contributed by atoms with van der Waals surface area (Å²) in [5.74, 6) is 0.588. The van der Waals surface area contributed by atoms with E-state index >= 15 is 0 Å². The quantitative estimate of drug-likeness (QED) is 0.354. The molecular formula is C27H26BrClN2O5S. The van der Waals surface area contributed by atoms with E-state index in [-0.39, 0.29) is 23.8 Å². The Labute approximate surface area is 231 Å². The van der Waals surface area contributed by atoms with Crippen molar-refractivity contribution in [3.05, 3.63) is 88.0 Å². The number of halogens is 2. The lowest BCUT2D eigenvalue weighted by Gasteiger charge is -2.26. The molecule has 10 heteroatoms. The van der Waals surface area contributed by atoms with Gasteiger partial charge in [-0.3, -0.25) is 9.36 Å². The molecule has 37 heavy (non-hydrogen) atoms. The van der Waals surface area contributed by atoms with Crippen LogP contribution in [0.2, 0.25) is 5.02 Å². The third-order valence-corrected chi connectivity index (χ3v) is 7.34. The minimum Gasteiger partial charge on any atom is -0.496 e. The lowest BCUT2D eigenvalue weighted by Crippen LogP contribution is -2.40. The number of carbonyl (C=O) groups is 1. The first-order valence-electron chi connectivity index (χ1n) is 11.6. The van der Waals surface area contributed by atoms with E-state index in [1.807, 2.05) is 32.0 Å². The highest BCUT2D eigenvalue weighted by Crippen LogP contribution is 2.37. The van der Waals surface area contributed by atoms with E-state index in [2.05, 4.69) is 20.9 Å². The summed E-state index contributed by atoms with van der Waals surface area (Å²) in [5, 5.41) is 0.445. The number of rotatable bonds is 7. The Morgan fingerprint density at radius 2 is 1.97 bits per heavy atom. The summed E-state index contributed by atoms with van der Waals surface area (Å²) in [6.07, 6.45) is 1.74. The van der Waals surface area contributed by atoms with Gasteiger partial charge in [-0.05, 0) is 70.2 Å². The molecular weight excluding hydrogens is 580 g/mol. The van der Waals surface area contributed by atoms with Crippen molar-refractivity contribution in [2.24, 2.45) is 4.99 Å². The SMILES string of the molecule is CCOC(=O)C1=C(C)N=c2s/c(=C\c3cc(Br)ccc3OC(C)C)c(=O)n2[C@@H]1c1cc(Cl)ccc1OC. The van der Waals surface area contributed by atoms with Crippen molar-refractivity contribution in [1.29, 1.82) is 0 Å². The molecule has 0 spiro atoms. The molecule has 1 aliphatic rings. The van der Waals surface area contributed by atoms with E-state index in [0.29, 0.717) is 37.1 Å². The summed E-state index contributed by atoms with van der Waals surface area (Å²) in [5.41, 5.74) is 1.72. The summed E-state index contributed by atoms with van der Waals surface area (Å²) in [7, 11) is 1.53. The van der Waals surface area contributed by atoms with Gasteiger partial charge in [0.15, 0.2) is 4.80 Å². The van der Waals surface area contributed by atoms with Gasteiger partial charge in [0, 0.05) is 20.6 Å². The zero-order chi connectivity index (χ0) is 26.9. The highest BCUT2D eigenvalue weighted by molar-refractivity contribution is 9.10. The lowest BCUT2D eigenvalue weighted by atomic mass is 9.95. The molecule has 194 valence electrons. The van der Waals surface area contributed by atoms with Crippen molar-refractivity contribution in [3.8, 4) is 11.5 Å². The minimum absolute atomic E-state index is 0.0420. The summed E-state index contributed by atoms with van der Waals surface area (Å²) >= 11 is 11.1. The Hall–Kier alpha value is -2.88. The average molecular weight is 606 g/mol. The number of allylic oxidation sites excluding steroid dienone is 1. The first-order chi connectivity index (χ1) is 17.6. The molecule has 0 fully saturated rings. The Bertz CT molecular complexity index is 1570. The summed E-state index contributed by atoms with van der Waals surface area (Å²) < 4.78 is 19.7. The van der Waals surface area contributed by atoms with Crippen LogP contribution in [0.1, 0.15) is 44.9 Å². The fourth-order valence-electron chi connectivity index (χ4n) is 4.14. The van der Waals surface area contributed by atoms with Crippen molar-refractivity contribution in [2.45, 2.75) is 39.8 Å². The van der Waals surface area contributed by atoms with Gasteiger partial charge in [-0.2, -0.15) is 0 Å². The van der Waals surface area contributed by atoms with Crippen LogP contribution in [-0.2, 0) is 9.53 Å². The second-order valence-corrected chi connectivity index (χ2v) is 10.9. The summed E-state index contributed by atoms with van der Waals surface area (Å²) in [4.78, 5) is 32.1. The number of thiazole rings is 1. The van der Waals surface area contributed by atoms with Crippen LogP contribution in [0.5, 0.6) is 11.5 Å². The first-order valence-corrected chi connectivity index (χ1v) is 13.6. The van der Waals surface area contributed by atoms with Crippen LogP contribution in [0.15, 0.2) is 61.9 Å². The van der Waals surface area contributed by atoms with Crippen molar-refractivity contribution in [2.75, 3.05) is 13.7 Å². The van der Waals surface area contributed by atoms with Gasteiger partial charge < -0.3 is 14.2 Å². The Balaban J connectivity index is 2.01. The van der Waals surface area contributed by atoms with Crippen LogP contribution >= 0.6 is 38.9 Å². The van der Waals surface area contributed by atoms with E-state index < -0.39 is 12.0 Å².